The first-order valence-electron chi connectivity index (χ1n) is 10.4. The summed E-state index contributed by atoms with van der Waals surface area (Å²) in [6.07, 6.45) is 2.05. The van der Waals surface area contributed by atoms with E-state index < -0.39 is 0 Å². The number of fused-ring (bicyclic) bond motifs is 3. The standard InChI is InChI=1S/C23H24N6O2/c1-14(30)15-5-7-17(8-6-15)28-11-3-4-16(13-28)21-26-22-19-10-9-18(31-2)12-20(19)25-23(24)29(22)27-21/h5-10,12,16H,3-4,11,13H2,1-2H3,(H2,24,25)/t16-/m1/s1. The highest BCUT2D eigenvalue weighted by Crippen LogP contribution is 2.31. The highest BCUT2D eigenvalue weighted by Gasteiger charge is 2.26. The van der Waals surface area contributed by atoms with Crippen molar-refractivity contribution in [1.82, 2.24) is 19.6 Å². The second-order valence-corrected chi connectivity index (χ2v) is 7.95. The van der Waals surface area contributed by atoms with Crippen molar-refractivity contribution in [2.45, 2.75) is 25.7 Å². The van der Waals surface area contributed by atoms with E-state index in [1.165, 1.54) is 0 Å². The van der Waals surface area contributed by atoms with Gasteiger partial charge in [0.05, 0.1) is 12.6 Å². The number of ether oxygens (including phenoxy) is 1. The van der Waals surface area contributed by atoms with E-state index in [0.717, 1.165) is 59.7 Å². The van der Waals surface area contributed by atoms with Crippen LogP contribution in [0.25, 0.3) is 16.6 Å². The van der Waals surface area contributed by atoms with Gasteiger partial charge in [0.1, 0.15) is 5.75 Å². The zero-order chi connectivity index (χ0) is 21.5. The van der Waals surface area contributed by atoms with Gasteiger partial charge in [-0.05, 0) is 56.2 Å². The van der Waals surface area contributed by atoms with Crippen LogP contribution in [0.5, 0.6) is 5.75 Å². The first-order valence-corrected chi connectivity index (χ1v) is 10.4. The minimum absolute atomic E-state index is 0.0769. The number of Topliss-reactive ketones (excluding diaryl/α,β-unsaturated/α-hetero) is 1. The van der Waals surface area contributed by atoms with E-state index in [9.17, 15) is 4.79 Å². The fourth-order valence-electron chi connectivity index (χ4n) is 4.26. The highest BCUT2D eigenvalue weighted by atomic mass is 16.5. The number of piperidine rings is 1. The predicted molar refractivity (Wildman–Crippen MR) is 120 cm³/mol. The normalized spacial score (nSPS) is 16.7. The molecule has 0 amide bonds. The number of aromatic nitrogens is 4. The summed E-state index contributed by atoms with van der Waals surface area (Å²) in [6.45, 7) is 3.37. The van der Waals surface area contributed by atoms with E-state index in [-0.39, 0.29) is 11.7 Å². The Hall–Kier alpha value is -3.68. The van der Waals surface area contributed by atoms with E-state index in [0.29, 0.717) is 11.6 Å². The van der Waals surface area contributed by atoms with Crippen molar-refractivity contribution < 1.29 is 9.53 Å². The fourth-order valence-corrected chi connectivity index (χ4v) is 4.26. The molecular weight excluding hydrogens is 392 g/mol. The van der Waals surface area contributed by atoms with E-state index in [4.69, 9.17) is 20.6 Å². The second-order valence-electron chi connectivity index (χ2n) is 7.95. The number of carbonyl (C=O) groups is 1. The SMILES string of the molecule is COc1ccc2c(c1)nc(N)n1nc([C@@H]3CCCN(c4ccc(C(C)=O)cc4)C3)nc21. The van der Waals surface area contributed by atoms with E-state index >= 15 is 0 Å². The average molecular weight is 416 g/mol. The maximum atomic E-state index is 11.6. The summed E-state index contributed by atoms with van der Waals surface area (Å²) in [5, 5.41) is 5.60. The Balaban J connectivity index is 1.47. The van der Waals surface area contributed by atoms with Crippen LogP contribution in [0.1, 0.15) is 41.9 Å². The lowest BCUT2D eigenvalue weighted by Gasteiger charge is -2.33. The molecule has 158 valence electrons. The molecule has 2 N–H and O–H groups in total. The summed E-state index contributed by atoms with van der Waals surface area (Å²) >= 11 is 0. The number of nitrogen functional groups attached to an aromatic ring is 1. The summed E-state index contributed by atoms with van der Waals surface area (Å²) in [7, 11) is 1.63. The number of methoxy groups -OCH3 is 1. The van der Waals surface area contributed by atoms with Crippen molar-refractivity contribution >= 4 is 34.0 Å². The van der Waals surface area contributed by atoms with Gasteiger partial charge in [-0.25, -0.2) is 9.97 Å². The largest absolute Gasteiger partial charge is 0.497 e. The quantitative estimate of drug-likeness (QED) is 0.509. The summed E-state index contributed by atoms with van der Waals surface area (Å²) in [6, 6.07) is 13.5. The molecule has 2 aromatic carbocycles. The first-order chi connectivity index (χ1) is 15.0. The maximum absolute atomic E-state index is 11.6. The molecule has 0 radical (unpaired) electrons. The van der Waals surface area contributed by atoms with Gasteiger partial charge in [-0.1, -0.05) is 0 Å². The Kier molecular flexibility index (Phi) is 4.69. The molecule has 1 fully saturated rings. The van der Waals surface area contributed by atoms with Crippen molar-refractivity contribution in [3.63, 3.8) is 0 Å². The first kappa shape index (κ1) is 19.3. The molecule has 1 saturated heterocycles. The number of rotatable bonds is 4. The second kappa shape index (κ2) is 7.54. The van der Waals surface area contributed by atoms with Gasteiger partial charge < -0.3 is 15.4 Å². The van der Waals surface area contributed by atoms with Crippen molar-refractivity contribution in [3.05, 3.63) is 53.9 Å². The zero-order valence-electron chi connectivity index (χ0n) is 17.6. The Labute approximate surface area is 179 Å². The summed E-state index contributed by atoms with van der Waals surface area (Å²) < 4.78 is 6.93. The molecule has 1 aliphatic rings. The molecule has 31 heavy (non-hydrogen) atoms. The third kappa shape index (κ3) is 3.43. The lowest BCUT2D eigenvalue weighted by Crippen LogP contribution is -2.34. The molecule has 0 spiro atoms. The van der Waals surface area contributed by atoms with E-state index in [1.54, 1.807) is 18.5 Å². The number of ketones is 1. The predicted octanol–water partition coefficient (Wildman–Crippen LogP) is 3.45. The molecule has 1 atom stereocenters. The molecule has 3 heterocycles. The van der Waals surface area contributed by atoms with Gasteiger partial charge in [0.15, 0.2) is 17.3 Å². The molecule has 0 aliphatic carbocycles. The van der Waals surface area contributed by atoms with Crippen LogP contribution in [0.15, 0.2) is 42.5 Å². The number of carbonyl (C=O) groups excluding carboxylic acids is 1. The Morgan fingerprint density at radius 3 is 2.71 bits per heavy atom. The van der Waals surface area contributed by atoms with Gasteiger partial charge in [0.2, 0.25) is 5.95 Å². The van der Waals surface area contributed by atoms with Crippen LogP contribution in [0.2, 0.25) is 0 Å². The van der Waals surface area contributed by atoms with Gasteiger partial charge in [-0.3, -0.25) is 4.79 Å². The number of nitrogens with two attached hydrogens (primary N) is 1. The smallest absolute Gasteiger partial charge is 0.223 e. The molecule has 1 aliphatic heterocycles. The summed E-state index contributed by atoms with van der Waals surface area (Å²) in [5.74, 6) is 2.08. The van der Waals surface area contributed by atoms with Gasteiger partial charge in [0.25, 0.3) is 0 Å². The third-order valence-electron chi connectivity index (χ3n) is 5.95. The van der Waals surface area contributed by atoms with E-state index in [2.05, 4.69) is 9.88 Å². The summed E-state index contributed by atoms with van der Waals surface area (Å²) in [5.41, 5.74) is 9.47. The van der Waals surface area contributed by atoms with Crippen molar-refractivity contribution in [2.75, 3.05) is 30.8 Å². The maximum Gasteiger partial charge on any atom is 0.223 e. The number of nitrogens with zero attached hydrogens (tertiary/aromatic N) is 5. The van der Waals surface area contributed by atoms with Gasteiger partial charge in [-0.15, -0.1) is 5.10 Å². The van der Waals surface area contributed by atoms with Crippen LogP contribution in [-0.2, 0) is 0 Å². The molecule has 0 saturated carbocycles. The lowest BCUT2D eigenvalue weighted by molar-refractivity contribution is 0.101. The minimum Gasteiger partial charge on any atom is -0.497 e. The molecular formula is C23H24N6O2. The number of hydrogen-bond acceptors (Lipinski definition) is 7. The van der Waals surface area contributed by atoms with Crippen LogP contribution >= 0.6 is 0 Å². The summed E-state index contributed by atoms with van der Waals surface area (Å²) in [4.78, 5) is 23.2. The van der Waals surface area contributed by atoms with Crippen LogP contribution in [0.4, 0.5) is 11.6 Å². The molecule has 2 aromatic heterocycles. The zero-order valence-corrected chi connectivity index (χ0v) is 17.6. The van der Waals surface area contributed by atoms with Crippen LogP contribution in [0.3, 0.4) is 0 Å². The minimum atomic E-state index is 0.0769. The van der Waals surface area contributed by atoms with Gasteiger partial charge >= 0.3 is 0 Å². The van der Waals surface area contributed by atoms with Gasteiger partial charge in [-0.2, -0.15) is 4.52 Å². The molecule has 8 heteroatoms. The van der Waals surface area contributed by atoms with Crippen LogP contribution in [0, 0.1) is 0 Å². The van der Waals surface area contributed by atoms with Crippen molar-refractivity contribution in [2.24, 2.45) is 0 Å². The Morgan fingerprint density at radius 1 is 1.16 bits per heavy atom. The molecule has 4 aromatic rings. The van der Waals surface area contributed by atoms with Gasteiger partial charge in [0, 0.05) is 41.7 Å². The molecule has 8 nitrogen and oxygen atoms in total. The molecule has 5 rings (SSSR count). The Morgan fingerprint density at radius 2 is 1.97 bits per heavy atom. The topological polar surface area (TPSA) is 98.6 Å². The van der Waals surface area contributed by atoms with Crippen LogP contribution in [-0.4, -0.2) is 45.6 Å². The highest BCUT2D eigenvalue weighted by molar-refractivity contribution is 5.94. The lowest BCUT2D eigenvalue weighted by atomic mass is 9.96. The number of benzene rings is 2. The van der Waals surface area contributed by atoms with Crippen molar-refractivity contribution in [3.8, 4) is 5.75 Å². The average Bonchev–Trinajstić information content (AvgIpc) is 3.25. The van der Waals surface area contributed by atoms with Crippen molar-refractivity contribution in [1.29, 1.82) is 0 Å². The van der Waals surface area contributed by atoms with Crippen LogP contribution < -0.4 is 15.4 Å². The number of hydrogen-bond donors (Lipinski definition) is 1. The molecule has 0 unspecified atom stereocenters. The monoisotopic (exact) mass is 416 g/mol. The fraction of sp³-hybridized carbons (Fsp3) is 0.304. The molecule has 0 bridgehead atoms. The number of anilines is 2. The Bertz CT molecular complexity index is 1280. The van der Waals surface area contributed by atoms with E-state index in [1.807, 2.05) is 42.5 Å². The third-order valence-corrected chi connectivity index (χ3v) is 5.95.